The summed E-state index contributed by atoms with van der Waals surface area (Å²) in [6.07, 6.45) is 2.90. The van der Waals surface area contributed by atoms with E-state index in [4.69, 9.17) is 9.47 Å². The van der Waals surface area contributed by atoms with Crippen LogP contribution in [0.3, 0.4) is 0 Å². The normalized spacial score (nSPS) is 11.2. The van der Waals surface area contributed by atoms with Gasteiger partial charge in [-0.2, -0.15) is 5.10 Å². The van der Waals surface area contributed by atoms with E-state index in [9.17, 15) is 9.59 Å². The summed E-state index contributed by atoms with van der Waals surface area (Å²) in [5.41, 5.74) is 3.86. The van der Waals surface area contributed by atoms with Gasteiger partial charge in [-0.1, -0.05) is 0 Å². The SMILES string of the molecule is CCOc1ccc(/C=N/NC(=O)Cn2cnc3sc(C)c(C)c3c2=O)cc1OCC. The lowest BCUT2D eigenvalue weighted by Gasteiger charge is -2.11. The van der Waals surface area contributed by atoms with Crippen molar-refractivity contribution < 1.29 is 14.3 Å². The number of hydrogen-bond donors (Lipinski definition) is 1. The zero-order chi connectivity index (χ0) is 21.7. The van der Waals surface area contributed by atoms with Crippen molar-refractivity contribution in [2.75, 3.05) is 13.2 Å². The van der Waals surface area contributed by atoms with Crippen molar-refractivity contribution in [3.63, 3.8) is 0 Å². The molecule has 1 N–H and O–H groups in total. The second kappa shape index (κ2) is 9.53. The number of benzene rings is 1. The number of fused-ring (bicyclic) bond motifs is 1. The molecule has 2 heterocycles. The highest BCUT2D eigenvalue weighted by atomic mass is 32.1. The number of hydrogen-bond acceptors (Lipinski definition) is 7. The number of carbonyl (C=O) groups is 1. The van der Waals surface area contributed by atoms with Crippen molar-refractivity contribution in [1.82, 2.24) is 15.0 Å². The molecule has 1 amide bonds. The number of amides is 1. The third-order valence-corrected chi connectivity index (χ3v) is 5.56. The lowest BCUT2D eigenvalue weighted by molar-refractivity contribution is -0.121. The average molecular weight is 429 g/mol. The maximum Gasteiger partial charge on any atom is 0.262 e. The Kier molecular flexibility index (Phi) is 6.83. The summed E-state index contributed by atoms with van der Waals surface area (Å²) in [5.74, 6) is 0.846. The van der Waals surface area contributed by atoms with Crippen LogP contribution in [0, 0.1) is 13.8 Å². The van der Waals surface area contributed by atoms with Crippen LogP contribution in [-0.4, -0.2) is 34.9 Å². The van der Waals surface area contributed by atoms with E-state index in [0.717, 1.165) is 16.0 Å². The summed E-state index contributed by atoms with van der Waals surface area (Å²) in [7, 11) is 0. The fourth-order valence-electron chi connectivity index (χ4n) is 2.90. The first-order valence-corrected chi connectivity index (χ1v) is 10.4. The van der Waals surface area contributed by atoms with E-state index >= 15 is 0 Å². The zero-order valence-electron chi connectivity index (χ0n) is 17.4. The molecule has 2 aromatic heterocycles. The van der Waals surface area contributed by atoms with E-state index in [1.165, 1.54) is 28.4 Å². The summed E-state index contributed by atoms with van der Waals surface area (Å²) in [4.78, 5) is 30.9. The molecule has 158 valence electrons. The van der Waals surface area contributed by atoms with Crippen LogP contribution >= 0.6 is 11.3 Å². The summed E-state index contributed by atoms with van der Waals surface area (Å²) in [6.45, 7) is 8.51. The fraction of sp³-hybridized carbons (Fsp3) is 0.333. The highest BCUT2D eigenvalue weighted by molar-refractivity contribution is 7.18. The van der Waals surface area contributed by atoms with Gasteiger partial charge in [-0.3, -0.25) is 14.2 Å². The summed E-state index contributed by atoms with van der Waals surface area (Å²) in [6, 6.07) is 5.39. The minimum atomic E-state index is -0.421. The topological polar surface area (TPSA) is 94.8 Å². The van der Waals surface area contributed by atoms with Gasteiger partial charge in [0.15, 0.2) is 11.5 Å². The number of carbonyl (C=O) groups excluding carboxylic acids is 1. The lowest BCUT2D eigenvalue weighted by atomic mass is 10.2. The molecule has 0 saturated heterocycles. The van der Waals surface area contributed by atoms with Crippen LogP contribution in [-0.2, 0) is 11.3 Å². The van der Waals surface area contributed by atoms with Gasteiger partial charge in [-0.25, -0.2) is 10.4 Å². The van der Waals surface area contributed by atoms with Crippen LogP contribution in [0.5, 0.6) is 11.5 Å². The number of rotatable bonds is 8. The minimum absolute atomic E-state index is 0.166. The Morgan fingerprint density at radius 3 is 2.70 bits per heavy atom. The summed E-state index contributed by atoms with van der Waals surface area (Å²) < 4.78 is 12.4. The predicted molar refractivity (Wildman–Crippen MR) is 118 cm³/mol. The van der Waals surface area contributed by atoms with Crippen LogP contribution in [0.15, 0.2) is 34.4 Å². The maximum atomic E-state index is 12.7. The first-order valence-electron chi connectivity index (χ1n) is 9.61. The molecule has 0 spiro atoms. The van der Waals surface area contributed by atoms with Gasteiger partial charge in [0.25, 0.3) is 11.5 Å². The Morgan fingerprint density at radius 1 is 1.23 bits per heavy atom. The van der Waals surface area contributed by atoms with Crippen molar-refractivity contribution in [1.29, 1.82) is 0 Å². The molecular weight excluding hydrogens is 404 g/mol. The molecule has 0 atom stereocenters. The van der Waals surface area contributed by atoms with Crippen molar-refractivity contribution in [2.24, 2.45) is 5.10 Å². The highest BCUT2D eigenvalue weighted by Gasteiger charge is 2.13. The molecule has 0 aliphatic carbocycles. The fourth-order valence-corrected chi connectivity index (χ4v) is 3.89. The van der Waals surface area contributed by atoms with E-state index in [0.29, 0.717) is 34.9 Å². The van der Waals surface area contributed by atoms with Crippen molar-refractivity contribution in [3.8, 4) is 11.5 Å². The van der Waals surface area contributed by atoms with Gasteiger partial charge in [0.1, 0.15) is 11.4 Å². The van der Waals surface area contributed by atoms with Gasteiger partial charge < -0.3 is 9.47 Å². The molecule has 0 unspecified atom stereocenters. The van der Waals surface area contributed by atoms with Gasteiger partial charge in [0.2, 0.25) is 0 Å². The third kappa shape index (κ3) is 4.68. The van der Waals surface area contributed by atoms with E-state index < -0.39 is 5.91 Å². The van der Waals surface area contributed by atoms with Crippen molar-refractivity contribution in [3.05, 3.63) is 50.9 Å². The molecule has 3 aromatic rings. The molecule has 8 nitrogen and oxygen atoms in total. The Balaban J connectivity index is 1.69. The first-order chi connectivity index (χ1) is 14.4. The average Bonchev–Trinajstić information content (AvgIpc) is 3.01. The van der Waals surface area contributed by atoms with Crippen LogP contribution in [0.25, 0.3) is 10.2 Å². The predicted octanol–water partition coefficient (Wildman–Crippen LogP) is 3.02. The second-order valence-corrected chi connectivity index (χ2v) is 7.71. The number of hydrazone groups is 1. The van der Waals surface area contributed by atoms with E-state index in [-0.39, 0.29) is 12.1 Å². The second-order valence-electron chi connectivity index (χ2n) is 6.51. The monoisotopic (exact) mass is 428 g/mol. The summed E-state index contributed by atoms with van der Waals surface area (Å²) in [5, 5.41) is 4.54. The molecule has 3 rings (SSSR count). The quantitative estimate of drug-likeness (QED) is 0.440. The van der Waals surface area contributed by atoms with Crippen LogP contribution in [0.4, 0.5) is 0 Å². The molecular formula is C21H24N4O4S. The van der Waals surface area contributed by atoms with Gasteiger partial charge in [-0.05, 0) is 57.0 Å². The highest BCUT2D eigenvalue weighted by Crippen LogP contribution is 2.28. The van der Waals surface area contributed by atoms with Gasteiger partial charge in [-0.15, -0.1) is 11.3 Å². The van der Waals surface area contributed by atoms with Gasteiger partial charge >= 0.3 is 0 Å². The zero-order valence-corrected chi connectivity index (χ0v) is 18.2. The van der Waals surface area contributed by atoms with Gasteiger partial charge in [0, 0.05) is 4.88 Å². The van der Waals surface area contributed by atoms with Crippen LogP contribution in [0.1, 0.15) is 29.9 Å². The lowest BCUT2D eigenvalue weighted by Crippen LogP contribution is -2.30. The standard InChI is InChI=1S/C21H24N4O4S/c1-5-28-16-8-7-15(9-17(16)29-6-2)10-23-24-18(26)11-25-12-22-20-19(21(25)27)13(3)14(4)30-20/h7-10,12H,5-6,11H2,1-4H3,(H,24,26)/b23-10+. The molecule has 0 aliphatic heterocycles. The number of ether oxygens (including phenoxy) is 2. The molecule has 0 radical (unpaired) electrons. The number of nitrogens with zero attached hydrogens (tertiary/aromatic N) is 3. The molecule has 30 heavy (non-hydrogen) atoms. The maximum absolute atomic E-state index is 12.7. The third-order valence-electron chi connectivity index (χ3n) is 4.44. The Hall–Kier alpha value is -3.20. The first kappa shape index (κ1) is 21.5. The summed E-state index contributed by atoms with van der Waals surface area (Å²) >= 11 is 1.47. The largest absolute Gasteiger partial charge is 0.490 e. The molecule has 0 bridgehead atoms. The van der Waals surface area contributed by atoms with Crippen molar-refractivity contribution in [2.45, 2.75) is 34.2 Å². The van der Waals surface area contributed by atoms with E-state index in [2.05, 4.69) is 15.5 Å². The number of aromatic nitrogens is 2. The number of nitrogens with one attached hydrogen (secondary N) is 1. The van der Waals surface area contributed by atoms with E-state index in [1.807, 2.05) is 33.8 Å². The minimum Gasteiger partial charge on any atom is -0.490 e. The number of aryl methyl sites for hydroxylation is 2. The Labute approximate surface area is 178 Å². The number of thiophene rings is 1. The Bertz CT molecular complexity index is 1150. The molecule has 0 fully saturated rings. The van der Waals surface area contributed by atoms with Crippen molar-refractivity contribution >= 4 is 33.7 Å². The van der Waals surface area contributed by atoms with Crippen LogP contribution < -0.4 is 20.5 Å². The van der Waals surface area contributed by atoms with Crippen LogP contribution in [0.2, 0.25) is 0 Å². The van der Waals surface area contributed by atoms with E-state index in [1.54, 1.807) is 12.1 Å². The molecule has 1 aromatic carbocycles. The Morgan fingerprint density at radius 2 is 1.97 bits per heavy atom. The smallest absolute Gasteiger partial charge is 0.262 e. The molecule has 9 heteroatoms. The van der Waals surface area contributed by atoms with Gasteiger partial charge in [0.05, 0.1) is 31.1 Å². The molecule has 0 aliphatic rings. The molecule has 0 saturated carbocycles.